The second kappa shape index (κ2) is 16.0. The van der Waals surface area contributed by atoms with E-state index in [1.807, 2.05) is 0 Å². The topological polar surface area (TPSA) is 122 Å². The zero-order chi connectivity index (χ0) is 35.9. The van der Waals surface area contributed by atoms with Crippen LogP contribution in [0.5, 0.6) is 0 Å². The predicted octanol–water partition coefficient (Wildman–Crippen LogP) is 5.05. The molecule has 0 radical (unpaired) electrons. The number of nitrogens with one attached hydrogen (secondary N) is 1. The van der Waals surface area contributed by atoms with Gasteiger partial charge in [-0.2, -0.15) is 0 Å². The number of non-ortho nitro benzene ring substituents is 1. The van der Waals surface area contributed by atoms with E-state index in [2.05, 4.69) is 94.8 Å². The molecule has 6 rings (SSSR count). The molecule has 0 aliphatic carbocycles. The summed E-state index contributed by atoms with van der Waals surface area (Å²) >= 11 is 0. The molecule has 1 atom stereocenters. The minimum absolute atomic E-state index is 0.110. The minimum Gasteiger partial charge on any atom is -0.616 e. The Balaban J connectivity index is 1.10. The number of rotatable bonds is 11. The molecular formula is C41H42N4O6. The van der Waals surface area contributed by atoms with Gasteiger partial charge in [-0.3, -0.25) is 20.0 Å². The molecule has 51 heavy (non-hydrogen) atoms. The van der Waals surface area contributed by atoms with Crippen molar-refractivity contribution in [2.45, 2.75) is 32.2 Å². The van der Waals surface area contributed by atoms with E-state index in [4.69, 9.17) is 9.47 Å². The van der Waals surface area contributed by atoms with Gasteiger partial charge in [0.05, 0.1) is 42.2 Å². The number of carbonyl (C=O) groups is 1. The van der Waals surface area contributed by atoms with E-state index >= 15 is 0 Å². The predicted molar refractivity (Wildman–Crippen MR) is 193 cm³/mol. The Morgan fingerprint density at radius 2 is 1.55 bits per heavy atom. The second-order valence-electron chi connectivity index (χ2n) is 12.8. The molecule has 0 bridgehead atoms. The number of allylic oxidation sites excluding steroid dienone is 2. The van der Waals surface area contributed by atoms with Gasteiger partial charge in [0, 0.05) is 54.5 Å². The molecule has 0 aromatic heterocycles. The molecule has 1 fully saturated rings. The van der Waals surface area contributed by atoms with Crippen LogP contribution in [0.4, 0.5) is 11.4 Å². The van der Waals surface area contributed by atoms with Crippen molar-refractivity contribution >= 4 is 23.1 Å². The van der Waals surface area contributed by atoms with E-state index in [1.54, 1.807) is 19.9 Å². The third-order valence-electron chi connectivity index (χ3n) is 9.72. The molecule has 1 saturated heterocycles. The van der Waals surface area contributed by atoms with E-state index in [1.165, 1.54) is 47.0 Å². The Morgan fingerprint density at radius 1 is 0.922 bits per heavy atom. The molecule has 10 nitrogen and oxygen atoms in total. The van der Waals surface area contributed by atoms with E-state index < -0.39 is 22.8 Å². The number of aliphatic imine (C=N–C) groups is 1. The SMILES string of the molecule is COC([O-])=C1C(C)=NC(C)=C(C(=O)OCCc2ccc([NH+]3CCN(C(c4ccccc4)c4ccccc4)CC3)cc2)C1c1cccc([N+](=O)[O-])c1. The van der Waals surface area contributed by atoms with Gasteiger partial charge in [0.1, 0.15) is 5.69 Å². The van der Waals surface area contributed by atoms with Crippen LogP contribution in [0.1, 0.15) is 48.1 Å². The first-order valence-electron chi connectivity index (χ1n) is 17.2. The van der Waals surface area contributed by atoms with Crippen molar-refractivity contribution in [1.82, 2.24) is 4.90 Å². The van der Waals surface area contributed by atoms with Crippen molar-refractivity contribution in [2.24, 2.45) is 4.99 Å². The molecule has 10 heteroatoms. The van der Waals surface area contributed by atoms with Gasteiger partial charge in [-0.1, -0.05) is 84.9 Å². The average Bonchev–Trinajstić information content (AvgIpc) is 3.16. The maximum Gasteiger partial charge on any atom is 0.336 e. The summed E-state index contributed by atoms with van der Waals surface area (Å²) in [6, 6.07) is 36.0. The molecule has 1 unspecified atom stereocenters. The molecule has 4 aromatic rings. The normalized spacial score (nSPS) is 18.0. The van der Waals surface area contributed by atoms with Crippen molar-refractivity contribution in [2.75, 3.05) is 39.9 Å². The van der Waals surface area contributed by atoms with Crippen LogP contribution in [-0.4, -0.2) is 61.4 Å². The Labute approximate surface area is 298 Å². The number of hydrogen-bond acceptors (Lipinski definition) is 8. The fourth-order valence-corrected chi connectivity index (χ4v) is 7.20. The molecule has 2 heterocycles. The number of nitro groups is 1. The molecule has 0 spiro atoms. The first kappa shape index (κ1) is 35.3. The highest BCUT2D eigenvalue weighted by atomic mass is 16.6. The lowest BCUT2D eigenvalue weighted by molar-refractivity contribution is -0.838. The van der Waals surface area contributed by atoms with Gasteiger partial charge in [0.15, 0.2) is 0 Å². The molecule has 0 saturated carbocycles. The zero-order valence-corrected chi connectivity index (χ0v) is 29.1. The average molecular weight is 687 g/mol. The van der Waals surface area contributed by atoms with Crippen LogP contribution in [0.25, 0.3) is 0 Å². The fourth-order valence-electron chi connectivity index (χ4n) is 7.20. The van der Waals surface area contributed by atoms with Crippen molar-refractivity contribution in [3.05, 3.63) is 164 Å². The summed E-state index contributed by atoms with van der Waals surface area (Å²) in [5.41, 5.74) is 6.17. The number of ether oxygens (including phenoxy) is 2. The number of methoxy groups -OCH3 is 1. The molecular weight excluding hydrogens is 644 g/mol. The number of esters is 1. The van der Waals surface area contributed by atoms with Gasteiger partial charge in [0.25, 0.3) is 5.69 Å². The minimum atomic E-state index is -0.930. The number of quaternary nitrogens is 1. The summed E-state index contributed by atoms with van der Waals surface area (Å²) in [7, 11) is 1.25. The summed E-state index contributed by atoms with van der Waals surface area (Å²) in [6.45, 7) is 7.33. The molecule has 2 aliphatic rings. The number of piperazine rings is 1. The van der Waals surface area contributed by atoms with Gasteiger partial charge in [-0.25, -0.2) is 4.79 Å². The van der Waals surface area contributed by atoms with Gasteiger partial charge < -0.3 is 19.5 Å². The first-order chi connectivity index (χ1) is 24.7. The van der Waals surface area contributed by atoms with Gasteiger partial charge in [-0.15, -0.1) is 0 Å². The van der Waals surface area contributed by atoms with Crippen LogP contribution in [-0.2, 0) is 20.7 Å². The summed E-state index contributed by atoms with van der Waals surface area (Å²) in [4.78, 5) is 33.1. The largest absolute Gasteiger partial charge is 0.616 e. The number of benzene rings is 4. The Bertz CT molecular complexity index is 1910. The molecule has 262 valence electrons. The third kappa shape index (κ3) is 7.93. The number of hydrogen-bond donors (Lipinski definition) is 1. The van der Waals surface area contributed by atoms with Crippen LogP contribution >= 0.6 is 0 Å². The molecule has 2 aliphatic heterocycles. The van der Waals surface area contributed by atoms with E-state index in [9.17, 15) is 20.0 Å². The van der Waals surface area contributed by atoms with Crippen molar-refractivity contribution in [3.63, 3.8) is 0 Å². The number of nitro benzene ring substituents is 1. The van der Waals surface area contributed by atoms with Gasteiger partial charge in [-0.05, 0) is 55.3 Å². The lowest BCUT2D eigenvalue weighted by Crippen LogP contribution is -3.10. The Hall–Kier alpha value is -5.58. The van der Waals surface area contributed by atoms with Crippen LogP contribution in [0, 0.1) is 10.1 Å². The van der Waals surface area contributed by atoms with E-state index in [-0.39, 0.29) is 29.5 Å². The Morgan fingerprint density at radius 3 is 2.14 bits per heavy atom. The number of carbonyl (C=O) groups excluding carboxylic acids is 1. The lowest BCUT2D eigenvalue weighted by atomic mass is 9.80. The van der Waals surface area contributed by atoms with E-state index in [0.29, 0.717) is 23.4 Å². The molecule has 4 aromatic carbocycles. The summed E-state index contributed by atoms with van der Waals surface area (Å²) < 4.78 is 10.8. The maximum atomic E-state index is 13.6. The zero-order valence-electron chi connectivity index (χ0n) is 29.1. The quantitative estimate of drug-likeness (QED) is 0.101. The highest BCUT2D eigenvalue weighted by molar-refractivity contribution is 6.06. The summed E-state index contributed by atoms with van der Waals surface area (Å²) in [6.07, 6.45) is 0.495. The van der Waals surface area contributed by atoms with Crippen LogP contribution in [0.2, 0.25) is 0 Å². The second-order valence-corrected chi connectivity index (χ2v) is 12.8. The van der Waals surface area contributed by atoms with Crippen molar-refractivity contribution in [3.8, 4) is 0 Å². The van der Waals surface area contributed by atoms with Crippen molar-refractivity contribution < 1.29 is 29.2 Å². The van der Waals surface area contributed by atoms with Crippen molar-refractivity contribution in [1.29, 1.82) is 0 Å². The smallest absolute Gasteiger partial charge is 0.336 e. The highest BCUT2D eigenvalue weighted by Gasteiger charge is 2.35. The van der Waals surface area contributed by atoms with Gasteiger partial charge >= 0.3 is 5.97 Å². The molecule has 1 N–H and O–H groups in total. The first-order valence-corrected chi connectivity index (χ1v) is 17.2. The summed E-state index contributed by atoms with van der Waals surface area (Å²) in [5, 5.41) is 24.5. The van der Waals surface area contributed by atoms with Gasteiger partial charge in [0.2, 0.25) is 0 Å². The van der Waals surface area contributed by atoms with Crippen LogP contribution < -0.4 is 10.0 Å². The van der Waals surface area contributed by atoms with E-state index in [0.717, 1.165) is 31.7 Å². The van der Waals surface area contributed by atoms with Crippen LogP contribution in [0.3, 0.4) is 0 Å². The lowest BCUT2D eigenvalue weighted by Gasteiger charge is -2.37. The standard InChI is InChI=1S/C41H42N4O6/c1-28-36(40(46)50-3)38(33-15-10-16-35(27-33)45(48)49)37(29(2)42-28)41(47)51-26-21-30-17-19-34(20-18-30)43-22-24-44(25-23-43)39(31-11-6-4-7-12-31)32-13-8-5-9-14-32/h4-20,27,38-39,46H,21-26H2,1-3H3. The molecule has 0 amide bonds. The maximum absolute atomic E-state index is 13.6. The highest BCUT2D eigenvalue weighted by Crippen LogP contribution is 2.41. The summed E-state index contributed by atoms with van der Waals surface area (Å²) in [5.74, 6) is -2.23. The monoisotopic (exact) mass is 686 g/mol. The third-order valence-corrected chi connectivity index (χ3v) is 9.72. The fraction of sp³-hybridized carbons (Fsp3) is 0.268. The van der Waals surface area contributed by atoms with Crippen LogP contribution in [0.15, 0.2) is 137 Å². The Kier molecular flexibility index (Phi) is 11.0. The number of nitrogens with zero attached hydrogens (tertiary/aromatic N) is 3.